The fourth-order valence-electron chi connectivity index (χ4n) is 5.33. The van der Waals surface area contributed by atoms with Crippen molar-refractivity contribution in [1.29, 1.82) is 0 Å². The number of carbonyl (C=O) groups is 1. The lowest BCUT2D eigenvalue weighted by molar-refractivity contribution is -0.152. The lowest BCUT2D eigenvalue weighted by atomic mass is 9.79. The van der Waals surface area contributed by atoms with Crippen LogP contribution < -0.4 is 0 Å². The topological polar surface area (TPSA) is 90.7 Å². The third-order valence-corrected chi connectivity index (χ3v) is 9.12. The van der Waals surface area contributed by atoms with E-state index in [1.165, 1.54) is 4.31 Å². The first-order valence-corrected chi connectivity index (χ1v) is 13.7. The second-order valence-electron chi connectivity index (χ2n) is 9.17. The molecule has 0 spiro atoms. The van der Waals surface area contributed by atoms with Crippen LogP contribution in [0.15, 0.2) is 53.4 Å². The number of aryl methyl sites for hydroxylation is 1. The number of sulfonamides is 1. The van der Waals surface area contributed by atoms with Crippen LogP contribution in [-0.4, -0.2) is 54.5 Å². The van der Waals surface area contributed by atoms with E-state index < -0.39 is 15.4 Å². The summed E-state index contributed by atoms with van der Waals surface area (Å²) in [6, 6.07) is 14.9. The summed E-state index contributed by atoms with van der Waals surface area (Å²) in [5.41, 5.74) is 1.79. The Labute approximate surface area is 205 Å². The molecule has 5 rings (SSSR count). The molecule has 1 saturated heterocycles. The summed E-state index contributed by atoms with van der Waals surface area (Å²) in [5.74, 6) is 0.393. The van der Waals surface area contributed by atoms with Crippen LogP contribution in [0, 0.1) is 0 Å². The molecule has 1 aliphatic heterocycles. The van der Waals surface area contributed by atoms with Crippen LogP contribution in [0.5, 0.6) is 0 Å². The van der Waals surface area contributed by atoms with Gasteiger partial charge >= 0.3 is 5.97 Å². The number of ether oxygens (including phenoxy) is 2. The first-order valence-electron chi connectivity index (χ1n) is 12.3. The number of esters is 1. The highest BCUT2D eigenvalue weighted by Gasteiger charge is 2.44. The van der Waals surface area contributed by atoms with Crippen LogP contribution in [0.25, 0.3) is 11.0 Å². The maximum Gasteiger partial charge on any atom is 0.317 e. The van der Waals surface area contributed by atoms with Crippen molar-refractivity contribution in [3.8, 4) is 0 Å². The van der Waals surface area contributed by atoms with Gasteiger partial charge in [-0.15, -0.1) is 0 Å². The minimum Gasteiger partial charge on any atom is -0.457 e. The van der Waals surface area contributed by atoms with Gasteiger partial charge in [-0.1, -0.05) is 43.2 Å². The quantitative estimate of drug-likeness (QED) is 0.463. The number of imidazole rings is 1. The second kappa shape index (κ2) is 9.72. The highest BCUT2D eigenvalue weighted by molar-refractivity contribution is 7.89. The van der Waals surface area contributed by atoms with E-state index in [-0.39, 0.29) is 17.5 Å². The van der Waals surface area contributed by atoms with E-state index in [0.717, 1.165) is 36.8 Å². The van der Waals surface area contributed by atoms with Crippen LogP contribution >= 0.6 is 0 Å². The molecule has 1 aliphatic carbocycles. The number of hydrogen-bond donors (Lipinski definition) is 0. The largest absolute Gasteiger partial charge is 0.457 e. The lowest BCUT2D eigenvalue weighted by Crippen LogP contribution is -2.40. The highest BCUT2D eigenvalue weighted by atomic mass is 32.2. The second-order valence-corrected chi connectivity index (χ2v) is 11.1. The van der Waals surface area contributed by atoms with Gasteiger partial charge in [0.1, 0.15) is 12.4 Å². The van der Waals surface area contributed by atoms with Crippen LogP contribution in [0.4, 0.5) is 0 Å². The third-order valence-electron chi connectivity index (χ3n) is 7.23. The molecule has 8 nitrogen and oxygen atoms in total. The van der Waals surface area contributed by atoms with Gasteiger partial charge in [0.25, 0.3) is 0 Å². The van der Waals surface area contributed by atoms with Crippen LogP contribution in [-0.2, 0) is 42.9 Å². The number of hydrogen-bond acceptors (Lipinski definition) is 6. The zero-order chi connectivity index (χ0) is 24.5. The molecular weight excluding hydrogens is 466 g/mol. The average molecular weight is 498 g/mol. The van der Waals surface area contributed by atoms with E-state index >= 15 is 0 Å². The zero-order valence-electron chi connectivity index (χ0n) is 20.0. The van der Waals surface area contributed by atoms with Crippen molar-refractivity contribution in [3.05, 3.63) is 59.9 Å². The lowest BCUT2D eigenvalue weighted by Gasteiger charge is -2.27. The van der Waals surface area contributed by atoms with E-state index in [2.05, 4.69) is 4.98 Å². The van der Waals surface area contributed by atoms with Gasteiger partial charge < -0.3 is 14.0 Å². The van der Waals surface area contributed by atoms with Crippen molar-refractivity contribution >= 4 is 27.0 Å². The van der Waals surface area contributed by atoms with Crippen molar-refractivity contribution in [2.75, 3.05) is 26.3 Å². The van der Waals surface area contributed by atoms with E-state index in [0.29, 0.717) is 44.2 Å². The Kier molecular flexibility index (Phi) is 6.65. The summed E-state index contributed by atoms with van der Waals surface area (Å²) < 4.78 is 40.8. The minimum atomic E-state index is -3.62. The van der Waals surface area contributed by atoms with Gasteiger partial charge in [0.15, 0.2) is 0 Å². The molecular formula is C26H31N3O5S. The number of aromatic nitrogens is 2. The van der Waals surface area contributed by atoms with E-state index in [9.17, 15) is 13.2 Å². The van der Waals surface area contributed by atoms with Crippen LogP contribution in [0.3, 0.4) is 0 Å². The molecule has 3 aromatic rings. The molecule has 0 bridgehead atoms. The molecule has 2 fully saturated rings. The summed E-state index contributed by atoms with van der Waals surface area (Å²) in [6.07, 6.45) is 3.56. The Morgan fingerprint density at radius 1 is 1.09 bits per heavy atom. The van der Waals surface area contributed by atoms with Gasteiger partial charge in [-0.05, 0) is 43.5 Å². The molecule has 1 saturated carbocycles. The van der Waals surface area contributed by atoms with Gasteiger partial charge in [0.2, 0.25) is 10.0 Å². The normalized spacial score (nSPS) is 18.7. The van der Waals surface area contributed by atoms with Gasteiger partial charge in [-0.2, -0.15) is 4.31 Å². The van der Waals surface area contributed by atoms with E-state index in [1.807, 2.05) is 41.8 Å². The third kappa shape index (κ3) is 4.37. The zero-order valence-corrected chi connectivity index (χ0v) is 20.8. The molecule has 0 amide bonds. The average Bonchev–Trinajstić information content (AvgIpc) is 3.53. The minimum absolute atomic E-state index is 0.0431. The van der Waals surface area contributed by atoms with E-state index in [4.69, 9.17) is 9.47 Å². The van der Waals surface area contributed by atoms with Gasteiger partial charge in [0.05, 0.1) is 34.6 Å². The summed E-state index contributed by atoms with van der Waals surface area (Å²) in [6.45, 7) is 4.14. The number of nitrogens with zero attached hydrogens (tertiary/aromatic N) is 3. The molecule has 186 valence electrons. The smallest absolute Gasteiger partial charge is 0.317 e. The van der Waals surface area contributed by atoms with Crippen molar-refractivity contribution in [1.82, 2.24) is 13.9 Å². The predicted octanol–water partition coefficient (Wildman–Crippen LogP) is 3.63. The molecule has 1 aromatic heterocycles. The first-order chi connectivity index (χ1) is 17.0. The highest BCUT2D eigenvalue weighted by Crippen LogP contribution is 2.42. The van der Waals surface area contributed by atoms with Crippen molar-refractivity contribution in [2.45, 2.75) is 56.1 Å². The maximum atomic E-state index is 13.4. The molecule has 2 aromatic carbocycles. The van der Waals surface area contributed by atoms with E-state index in [1.54, 1.807) is 18.2 Å². The van der Waals surface area contributed by atoms with Gasteiger partial charge in [0, 0.05) is 19.6 Å². The summed E-state index contributed by atoms with van der Waals surface area (Å²) >= 11 is 0. The molecule has 9 heteroatoms. The number of fused-ring (bicyclic) bond motifs is 1. The summed E-state index contributed by atoms with van der Waals surface area (Å²) in [5, 5.41) is 0. The number of carbonyl (C=O) groups excluding carboxylic acids is 1. The number of benzene rings is 2. The standard InChI is InChI=1S/C26H31N3O5S/c1-2-29-23-11-10-21(35(31,32)28-14-16-33-17-15-28)18-22(23)27-24(29)19-34-25(30)26(12-6-7-13-26)20-8-4-3-5-9-20/h3-5,8-11,18H,2,6-7,12-17,19H2,1H3. The monoisotopic (exact) mass is 497 g/mol. The molecule has 35 heavy (non-hydrogen) atoms. The van der Waals surface area contributed by atoms with Crippen molar-refractivity contribution < 1.29 is 22.7 Å². The van der Waals surface area contributed by atoms with Crippen LogP contribution in [0.1, 0.15) is 44.0 Å². The van der Waals surface area contributed by atoms with Crippen molar-refractivity contribution in [3.63, 3.8) is 0 Å². The van der Waals surface area contributed by atoms with Crippen LogP contribution in [0.2, 0.25) is 0 Å². The Balaban J connectivity index is 1.40. The first kappa shape index (κ1) is 24.0. The number of rotatable bonds is 7. The molecule has 2 heterocycles. The maximum absolute atomic E-state index is 13.4. The molecule has 0 atom stereocenters. The fourth-order valence-corrected chi connectivity index (χ4v) is 6.76. The van der Waals surface area contributed by atoms with Crippen molar-refractivity contribution in [2.24, 2.45) is 0 Å². The van der Waals surface area contributed by atoms with Gasteiger partial charge in [-0.3, -0.25) is 4.79 Å². The summed E-state index contributed by atoms with van der Waals surface area (Å²) in [7, 11) is -3.62. The Hall–Kier alpha value is -2.75. The predicted molar refractivity (Wildman–Crippen MR) is 131 cm³/mol. The number of morpholine rings is 1. The SMILES string of the molecule is CCn1c(COC(=O)C2(c3ccccc3)CCCC2)nc2cc(S(=O)(=O)N3CCOCC3)ccc21. The van der Waals surface area contributed by atoms with Gasteiger partial charge in [-0.25, -0.2) is 13.4 Å². The summed E-state index contributed by atoms with van der Waals surface area (Å²) in [4.78, 5) is 18.3. The molecule has 0 unspecified atom stereocenters. The molecule has 0 radical (unpaired) electrons. The molecule has 2 aliphatic rings. The Bertz CT molecular complexity index is 1310. The fraction of sp³-hybridized carbons (Fsp3) is 0.462. The Morgan fingerprint density at radius 3 is 2.49 bits per heavy atom. The Morgan fingerprint density at radius 2 is 1.80 bits per heavy atom. The molecule has 0 N–H and O–H groups in total.